The van der Waals surface area contributed by atoms with Crippen LogP contribution in [0.1, 0.15) is 26.3 Å². The minimum Gasteiger partial charge on any atom is -0.365 e. The number of carbonyl (C=O) groups excluding carboxylic acids is 2. The van der Waals surface area contributed by atoms with Crippen molar-refractivity contribution in [2.45, 2.75) is 6.18 Å². The normalized spacial score (nSPS) is 11.3. The Morgan fingerprint density at radius 3 is 2.42 bits per heavy atom. The SMILES string of the molecule is NC(=O)c1c(-c2nccs2)noc1NC(=O)c1ccc(C(F)(F)F)cc1. The fourth-order valence-electron chi connectivity index (χ4n) is 2.08. The van der Waals surface area contributed by atoms with E-state index in [9.17, 15) is 22.8 Å². The lowest BCUT2D eigenvalue weighted by atomic mass is 10.1. The molecule has 2 aromatic heterocycles. The number of alkyl halides is 3. The highest BCUT2D eigenvalue weighted by molar-refractivity contribution is 7.13. The number of halogens is 3. The van der Waals surface area contributed by atoms with Gasteiger partial charge in [-0.3, -0.25) is 14.9 Å². The average molecular weight is 382 g/mol. The van der Waals surface area contributed by atoms with Crippen LogP contribution in [0, 0.1) is 0 Å². The predicted octanol–water partition coefficient (Wildman–Crippen LogP) is 3.17. The van der Waals surface area contributed by atoms with Gasteiger partial charge in [0.05, 0.1) is 5.56 Å². The van der Waals surface area contributed by atoms with Crippen molar-refractivity contribution in [3.63, 3.8) is 0 Å². The molecule has 0 aliphatic heterocycles. The first-order valence-electron chi connectivity index (χ1n) is 6.95. The fraction of sp³-hybridized carbons (Fsp3) is 0.0667. The van der Waals surface area contributed by atoms with E-state index < -0.39 is 23.6 Å². The number of aromatic nitrogens is 2. The molecule has 0 unspecified atom stereocenters. The zero-order chi connectivity index (χ0) is 18.9. The Morgan fingerprint density at radius 2 is 1.88 bits per heavy atom. The van der Waals surface area contributed by atoms with E-state index in [1.54, 1.807) is 5.38 Å². The number of amides is 2. The second kappa shape index (κ2) is 6.59. The molecule has 0 fully saturated rings. The monoisotopic (exact) mass is 382 g/mol. The van der Waals surface area contributed by atoms with E-state index in [1.807, 2.05) is 0 Å². The van der Waals surface area contributed by atoms with Gasteiger partial charge in [-0.15, -0.1) is 11.3 Å². The van der Waals surface area contributed by atoms with E-state index in [-0.39, 0.29) is 22.7 Å². The van der Waals surface area contributed by atoms with Crippen molar-refractivity contribution in [3.05, 3.63) is 52.5 Å². The second-order valence-corrected chi connectivity index (χ2v) is 5.86. The van der Waals surface area contributed by atoms with Gasteiger partial charge in [-0.05, 0) is 24.3 Å². The summed E-state index contributed by atoms with van der Waals surface area (Å²) in [5.74, 6) is -2.00. The smallest absolute Gasteiger partial charge is 0.365 e. The van der Waals surface area contributed by atoms with Gasteiger partial charge in [-0.1, -0.05) is 5.16 Å². The minimum atomic E-state index is -4.51. The van der Waals surface area contributed by atoms with Gasteiger partial charge in [0.2, 0.25) is 5.88 Å². The lowest BCUT2D eigenvalue weighted by Gasteiger charge is -2.07. The van der Waals surface area contributed by atoms with Gasteiger partial charge in [0.25, 0.3) is 11.8 Å². The molecular weight excluding hydrogens is 373 g/mol. The number of nitrogens with one attached hydrogen (secondary N) is 1. The molecular formula is C15H9F3N4O3S. The Labute approximate surface area is 147 Å². The van der Waals surface area contributed by atoms with Gasteiger partial charge in [-0.25, -0.2) is 4.98 Å². The maximum atomic E-state index is 12.6. The largest absolute Gasteiger partial charge is 0.416 e. The molecule has 0 saturated heterocycles. The first-order valence-corrected chi connectivity index (χ1v) is 7.83. The number of hydrogen-bond donors (Lipinski definition) is 2. The van der Waals surface area contributed by atoms with Crippen LogP contribution in [-0.2, 0) is 6.18 Å². The van der Waals surface area contributed by atoms with Gasteiger partial charge in [0, 0.05) is 17.1 Å². The molecule has 1 aromatic carbocycles. The third-order valence-electron chi connectivity index (χ3n) is 3.27. The van der Waals surface area contributed by atoms with E-state index in [1.165, 1.54) is 17.5 Å². The van der Waals surface area contributed by atoms with Crippen LogP contribution >= 0.6 is 11.3 Å². The summed E-state index contributed by atoms with van der Waals surface area (Å²) in [5.41, 5.74) is 4.23. The number of anilines is 1. The van der Waals surface area contributed by atoms with Gasteiger partial charge >= 0.3 is 6.18 Å². The van der Waals surface area contributed by atoms with E-state index in [0.717, 1.165) is 24.3 Å². The number of benzene rings is 1. The molecule has 0 bridgehead atoms. The third kappa shape index (κ3) is 3.42. The lowest BCUT2D eigenvalue weighted by Crippen LogP contribution is -2.18. The summed E-state index contributed by atoms with van der Waals surface area (Å²) in [6.07, 6.45) is -3.03. The van der Waals surface area contributed by atoms with Crippen molar-refractivity contribution in [1.82, 2.24) is 10.1 Å². The lowest BCUT2D eigenvalue weighted by molar-refractivity contribution is -0.137. The van der Waals surface area contributed by atoms with Crippen LogP contribution in [0.4, 0.5) is 19.1 Å². The highest BCUT2D eigenvalue weighted by atomic mass is 32.1. The van der Waals surface area contributed by atoms with Gasteiger partial charge in [0.15, 0.2) is 5.69 Å². The number of nitrogens with two attached hydrogens (primary N) is 1. The highest BCUT2D eigenvalue weighted by Crippen LogP contribution is 2.31. The molecule has 3 N–H and O–H groups in total. The maximum absolute atomic E-state index is 12.6. The summed E-state index contributed by atoms with van der Waals surface area (Å²) >= 11 is 1.18. The molecule has 26 heavy (non-hydrogen) atoms. The molecule has 0 spiro atoms. The summed E-state index contributed by atoms with van der Waals surface area (Å²) in [6, 6.07) is 3.54. The number of hydrogen-bond acceptors (Lipinski definition) is 6. The Hall–Kier alpha value is -3.21. The zero-order valence-corrected chi connectivity index (χ0v) is 13.5. The molecule has 2 heterocycles. The van der Waals surface area contributed by atoms with Crippen molar-refractivity contribution < 1.29 is 27.3 Å². The number of rotatable bonds is 4. The second-order valence-electron chi connectivity index (χ2n) is 4.97. The molecule has 11 heteroatoms. The number of nitrogens with zero attached hydrogens (tertiary/aromatic N) is 2. The quantitative estimate of drug-likeness (QED) is 0.720. The first kappa shape index (κ1) is 17.6. The molecule has 134 valence electrons. The van der Waals surface area contributed by atoms with Crippen LogP contribution in [0.5, 0.6) is 0 Å². The molecule has 3 aromatic rings. The summed E-state index contributed by atoms with van der Waals surface area (Å²) in [7, 11) is 0. The van der Waals surface area contributed by atoms with Gasteiger partial charge < -0.3 is 10.3 Å². The van der Waals surface area contributed by atoms with Crippen LogP contribution in [-0.4, -0.2) is 22.0 Å². The van der Waals surface area contributed by atoms with Crippen LogP contribution in [0.2, 0.25) is 0 Å². The molecule has 2 amide bonds. The Balaban J connectivity index is 1.87. The van der Waals surface area contributed by atoms with Crippen molar-refractivity contribution in [1.29, 1.82) is 0 Å². The molecule has 0 radical (unpaired) electrons. The van der Waals surface area contributed by atoms with Crippen molar-refractivity contribution in [3.8, 4) is 10.7 Å². The summed E-state index contributed by atoms with van der Waals surface area (Å²) < 4.78 is 42.7. The van der Waals surface area contributed by atoms with Crippen LogP contribution in [0.15, 0.2) is 40.4 Å². The fourth-order valence-corrected chi connectivity index (χ4v) is 2.70. The van der Waals surface area contributed by atoms with E-state index in [2.05, 4.69) is 15.5 Å². The summed E-state index contributed by atoms with van der Waals surface area (Å²) in [5, 5.41) is 7.96. The topological polar surface area (TPSA) is 111 Å². The Kier molecular flexibility index (Phi) is 4.47. The van der Waals surface area contributed by atoms with E-state index >= 15 is 0 Å². The van der Waals surface area contributed by atoms with E-state index in [0.29, 0.717) is 5.01 Å². The number of thiazole rings is 1. The number of carbonyl (C=O) groups is 2. The molecule has 0 aliphatic rings. The minimum absolute atomic E-state index is 0.0650. The van der Waals surface area contributed by atoms with Crippen molar-refractivity contribution in [2.24, 2.45) is 5.73 Å². The van der Waals surface area contributed by atoms with Crippen molar-refractivity contribution in [2.75, 3.05) is 5.32 Å². The molecule has 3 rings (SSSR count). The standard InChI is InChI=1S/C15H9F3N4O3S/c16-15(17,18)8-3-1-7(2-4-8)12(24)21-13-9(11(19)23)10(22-25-13)14-20-5-6-26-14/h1-6H,(H2,19,23)(H,21,24). The summed E-state index contributed by atoms with van der Waals surface area (Å²) in [4.78, 5) is 27.9. The highest BCUT2D eigenvalue weighted by Gasteiger charge is 2.30. The zero-order valence-electron chi connectivity index (χ0n) is 12.7. The summed E-state index contributed by atoms with van der Waals surface area (Å²) in [6.45, 7) is 0. The Bertz CT molecular complexity index is 950. The number of primary amides is 1. The van der Waals surface area contributed by atoms with Crippen molar-refractivity contribution >= 4 is 29.0 Å². The van der Waals surface area contributed by atoms with Crippen LogP contribution in [0.3, 0.4) is 0 Å². The van der Waals surface area contributed by atoms with Crippen LogP contribution < -0.4 is 11.1 Å². The molecule has 0 aliphatic carbocycles. The van der Waals surface area contributed by atoms with Crippen LogP contribution in [0.25, 0.3) is 10.7 Å². The predicted molar refractivity (Wildman–Crippen MR) is 85.5 cm³/mol. The van der Waals surface area contributed by atoms with E-state index in [4.69, 9.17) is 10.3 Å². The average Bonchev–Trinajstić information content (AvgIpc) is 3.23. The molecule has 7 nitrogen and oxygen atoms in total. The maximum Gasteiger partial charge on any atom is 0.416 e. The molecule has 0 atom stereocenters. The first-order chi connectivity index (χ1) is 12.3. The van der Waals surface area contributed by atoms with Gasteiger partial charge in [0.1, 0.15) is 10.6 Å². The Morgan fingerprint density at radius 1 is 1.19 bits per heavy atom. The van der Waals surface area contributed by atoms with Gasteiger partial charge in [-0.2, -0.15) is 13.2 Å². The molecule has 0 saturated carbocycles. The third-order valence-corrected chi connectivity index (χ3v) is 4.05.